The van der Waals surface area contributed by atoms with E-state index in [4.69, 9.17) is 14.2 Å². The average Bonchev–Trinajstić information content (AvgIpc) is 2.78. The fourth-order valence-corrected chi connectivity index (χ4v) is 3.83. The van der Waals surface area contributed by atoms with Gasteiger partial charge in [-0.3, -0.25) is 4.79 Å². The number of nitrogens with one attached hydrogen (secondary N) is 1. The molecule has 1 amide bonds. The van der Waals surface area contributed by atoms with Gasteiger partial charge >= 0.3 is 0 Å². The lowest BCUT2D eigenvalue weighted by Gasteiger charge is -2.16. The molecular formula is C23H24N2O6S. The topological polar surface area (TPSA) is 94.2 Å². The zero-order valence-electron chi connectivity index (χ0n) is 17.9. The van der Waals surface area contributed by atoms with Crippen molar-refractivity contribution in [1.82, 2.24) is 4.31 Å². The highest BCUT2D eigenvalue weighted by Crippen LogP contribution is 2.29. The lowest BCUT2D eigenvalue weighted by molar-refractivity contribution is -0.118. The summed E-state index contributed by atoms with van der Waals surface area (Å²) in [7, 11) is 0.469. The monoisotopic (exact) mass is 456 g/mol. The standard InChI is InChI=1S/C23H24N2O6S/c1-25(2)32(27,28)22-14-17(12-13-21(22)29-3)24-23(26)16-30-19-10-7-11-20(15-19)31-18-8-5-4-6-9-18/h4-15H,16H2,1-3H3,(H,24,26). The molecule has 0 radical (unpaired) electrons. The van der Waals surface area contributed by atoms with Crippen molar-refractivity contribution in [1.29, 1.82) is 0 Å². The van der Waals surface area contributed by atoms with Crippen molar-refractivity contribution in [3.8, 4) is 23.0 Å². The number of carbonyl (C=O) groups excluding carboxylic acids is 1. The number of anilines is 1. The van der Waals surface area contributed by atoms with E-state index in [-0.39, 0.29) is 17.3 Å². The van der Waals surface area contributed by atoms with Crippen LogP contribution in [0, 0.1) is 0 Å². The molecule has 8 nitrogen and oxygen atoms in total. The fraction of sp³-hybridized carbons (Fsp3) is 0.174. The van der Waals surface area contributed by atoms with Crippen LogP contribution in [0.3, 0.4) is 0 Å². The second-order valence-electron chi connectivity index (χ2n) is 6.88. The summed E-state index contributed by atoms with van der Waals surface area (Å²) in [6.07, 6.45) is 0. The molecule has 0 heterocycles. The van der Waals surface area contributed by atoms with Crippen LogP contribution in [0.2, 0.25) is 0 Å². The molecule has 3 rings (SSSR count). The van der Waals surface area contributed by atoms with Gasteiger partial charge in [0.1, 0.15) is 27.9 Å². The summed E-state index contributed by atoms with van der Waals surface area (Å²) in [5, 5.41) is 2.64. The van der Waals surface area contributed by atoms with Crippen molar-refractivity contribution in [2.45, 2.75) is 4.90 Å². The second kappa shape index (κ2) is 10.2. The first kappa shape index (κ1) is 23.1. The van der Waals surface area contributed by atoms with Crippen LogP contribution in [0.5, 0.6) is 23.0 Å². The molecule has 0 unspecified atom stereocenters. The summed E-state index contributed by atoms with van der Waals surface area (Å²) >= 11 is 0. The molecule has 168 valence electrons. The van der Waals surface area contributed by atoms with Gasteiger partial charge in [0.05, 0.1) is 7.11 Å². The van der Waals surface area contributed by atoms with Crippen LogP contribution in [0.25, 0.3) is 0 Å². The number of methoxy groups -OCH3 is 1. The Bertz CT molecular complexity index is 1180. The summed E-state index contributed by atoms with van der Waals surface area (Å²) in [6, 6.07) is 20.6. The van der Waals surface area contributed by atoms with E-state index in [9.17, 15) is 13.2 Å². The minimum atomic E-state index is -3.75. The maximum Gasteiger partial charge on any atom is 0.262 e. The van der Waals surface area contributed by atoms with E-state index in [0.717, 1.165) is 4.31 Å². The van der Waals surface area contributed by atoms with Crippen LogP contribution in [0.15, 0.2) is 77.7 Å². The Morgan fingerprint density at radius 1 is 0.906 bits per heavy atom. The Balaban J connectivity index is 1.65. The summed E-state index contributed by atoms with van der Waals surface area (Å²) < 4.78 is 42.6. The highest BCUT2D eigenvalue weighted by molar-refractivity contribution is 7.89. The first-order chi connectivity index (χ1) is 15.3. The van der Waals surface area contributed by atoms with Crippen molar-refractivity contribution in [3.05, 3.63) is 72.8 Å². The fourth-order valence-electron chi connectivity index (χ4n) is 2.75. The van der Waals surface area contributed by atoms with Crippen molar-refractivity contribution in [2.24, 2.45) is 0 Å². The molecule has 0 saturated carbocycles. The van der Waals surface area contributed by atoms with Crippen LogP contribution in [0.1, 0.15) is 0 Å². The van der Waals surface area contributed by atoms with Crippen LogP contribution in [-0.4, -0.2) is 46.4 Å². The molecule has 0 saturated heterocycles. The number of hydrogen-bond acceptors (Lipinski definition) is 6. The number of carbonyl (C=O) groups is 1. The number of benzene rings is 3. The zero-order valence-corrected chi connectivity index (χ0v) is 18.8. The van der Waals surface area contributed by atoms with E-state index in [1.165, 1.54) is 33.3 Å². The van der Waals surface area contributed by atoms with Gasteiger partial charge in [0.25, 0.3) is 5.91 Å². The van der Waals surface area contributed by atoms with Gasteiger partial charge < -0.3 is 19.5 Å². The number of para-hydroxylation sites is 1. The van der Waals surface area contributed by atoms with E-state index in [1.54, 1.807) is 30.3 Å². The Hall–Kier alpha value is -3.56. The lowest BCUT2D eigenvalue weighted by Crippen LogP contribution is -2.24. The molecule has 0 fully saturated rings. The largest absolute Gasteiger partial charge is 0.495 e. The van der Waals surface area contributed by atoms with Gasteiger partial charge in [0.2, 0.25) is 10.0 Å². The van der Waals surface area contributed by atoms with Crippen LogP contribution in [-0.2, 0) is 14.8 Å². The summed E-state index contributed by atoms with van der Waals surface area (Å²) in [4.78, 5) is 12.3. The van der Waals surface area contributed by atoms with Gasteiger partial charge in [0, 0.05) is 25.8 Å². The first-order valence-corrected chi connectivity index (χ1v) is 11.1. The average molecular weight is 457 g/mol. The van der Waals surface area contributed by atoms with Gasteiger partial charge in [-0.2, -0.15) is 0 Å². The normalized spacial score (nSPS) is 11.1. The number of rotatable bonds is 9. The third-order valence-electron chi connectivity index (χ3n) is 4.36. The highest BCUT2D eigenvalue weighted by Gasteiger charge is 2.23. The summed E-state index contributed by atoms with van der Waals surface area (Å²) in [5.41, 5.74) is 0.306. The Kier molecular flexibility index (Phi) is 7.34. The number of nitrogens with zero attached hydrogens (tertiary/aromatic N) is 1. The Labute approximate surface area is 187 Å². The van der Waals surface area contributed by atoms with Gasteiger partial charge in [-0.25, -0.2) is 12.7 Å². The molecule has 0 aromatic heterocycles. The predicted octanol–water partition coefficient (Wildman–Crippen LogP) is 3.76. The molecule has 3 aromatic rings. The first-order valence-electron chi connectivity index (χ1n) is 9.66. The van der Waals surface area contributed by atoms with Crippen LogP contribution >= 0.6 is 0 Å². The second-order valence-corrected chi connectivity index (χ2v) is 9.00. The van der Waals surface area contributed by atoms with Crippen molar-refractivity contribution < 1.29 is 27.4 Å². The molecule has 0 aliphatic carbocycles. The quantitative estimate of drug-likeness (QED) is 0.527. The molecule has 0 bridgehead atoms. The summed E-state index contributed by atoms with van der Waals surface area (Å²) in [6.45, 7) is -0.267. The van der Waals surface area contributed by atoms with E-state index >= 15 is 0 Å². The van der Waals surface area contributed by atoms with Gasteiger partial charge in [-0.05, 0) is 42.5 Å². The molecule has 0 aliphatic heterocycles. The van der Waals surface area contributed by atoms with E-state index in [0.29, 0.717) is 22.9 Å². The minimum Gasteiger partial charge on any atom is -0.495 e. The third-order valence-corrected chi connectivity index (χ3v) is 6.20. The molecule has 0 spiro atoms. The molecular weight excluding hydrogens is 432 g/mol. The molecule has 1 N–H and O–H groups in total. The van der Waals surface area contributed by atoms with Crippen molar-refractivity contribution in [3.63, 3.8) is 0 Å². The maximum atomic E-state index is 12.5. The third kappa shape index (κ3) is 5.77. The van der Waals surface area contributed by atoms with Crippen LogP contribution < -0.4 is 19.5 Å². The van der Waals surface area contributed by atoms with Crippen molar-refractivity contribution >= 4 is 21.6 Å². The zero-order chi connectivity index (χ0) is 23.1. The van der Waals surface area contributed by atoms with E-state index < -0.39 is 15.9 Å². The van der Waals surface area contributed by atoms with E-state index in [1.807, 2.05) is 30.3 Å². The van der Waals surface area contributed by atoms with Gasteiger partial charge in [-0.1, -0.05) is 24.3 Å². The van der Waals surface area contributed by atoms with Crippen LogP contribution in [0.4, 0.5) is 5.69 Å². The molecule has 0 atom stereocenters. The molecule has 32 heavy (non-hydrogen) atoms. The smallest absolute Gasteiger partial charge is 0.262 e. The number of ether oxygens (including phenoxy) is 3. The Morgan fingerprint density at radius 3 is 2.28 bits per heavy atom. The molecule has 9 heteroatoms. The Morgan fingerprint density at radius 2 is 1.59 bits per heavy atom. The molecule has 3 aromatic carbocycles. The predicted molar refractivity (Wildman–Crippen MR) is 121 cm³/mol. The maximum absolute atomic E-state index is 12.5. The number of sulfonamides is 1. The van der Waals surface area contributed by atoms with Crippen molar-refractivity contribution in [2.75, 3.05) is 33.1 Å². The van der Waals surface area contributed by atoms with E-state index in [2.05, 4.69) is 5.32 Å². The SMILES string of the molecule is COc1ccc(NC(=O)COc2cccc(Oc3ccccc3)c2)cc1S(=O)(=O)N(C)C. The minimum absolute atomic E-state index is 0.0468. The number of amides is 1. The number of hydrogen-bond donors (Lipinski definition) is 1. The highest BCUT2D eigenvalue weighted by atomic mass is 32.2. The molecule has 0 aliphatic rings. The van der Waals surface area contributed by atoms with Gasteiger partial charge in [-0.15, -0.1) is 0 Å². The lowest BCUT2D eigenvalue weighted by atomic mass is 10.3. The van der Waals surface area contributed by atoms with Gasteiger partial charge in [0.15, 0.2) is 6.61 Å². The summed E-state index contributed by atoms with van der Waals surface area (Å²) in [5.74, 6) is 1.45.